The largest absolute Gasteiger partial charge is 0.397 e. The number of likely N-dealkylation sites (N-methyl/N-ethyl adjacent to an activating group) is 1. The average molecular weight is 291 g/mol. The molecule has 108 valence electrons. The lowest BCUT2D eigenvalue weighted by molar-refractivity contribution is 0.0559. The molecule has 1 aromatic carbocycles. The first-order valence-corrected chi connectivity index (χ1v) is 7.89. The van der Waals surface area contributed by atoms with Crippen molar-refractivity contribution in [1.29, 1.82) is 0 Å². The standard InChI is InChI=1S/C15H21N3OS/c1-10-17-12-8-13(11(16)7-14(12)20-10)18(2)9-15(19)5-3-4-6-15/h7-8,19H,3-6,9,16H2,1-2H3. The molecule has 1 aliphatic carbocycles. The van der Waals surface area contributed by atoms with Gasteiger partial charge < -0.3 is 15.7 Å². The van der Waals surface area contributed by atoms with Crippen LogP contribution >= 0.6 is 11.3 Å². The number of hydrogen-bond donors (Lipinski definition) is 2. The summed E-state index contributed by atoms with van der Waals surface area (Å²) in [4.78, 5) is 6.58. The maximum absolute atomic E-state index is 10.5. The van der Waals surface area contributed by atoms with E-state index in [1.807, 2.05) is 26.1 Å². The Kier molecular flexibility index (Phi) is 3.34. The average Bonchev–Trinajstić information content (AvgIpc) is 2.93. The van der Waals surface area contributed by atoms with Gasteiger partial charge in [0.25, 0.3) is 0 Å². The third-order valence-corrected chi connectivity index (χ3v) is 5.05. The highest BCUT2D eigenvalue weighted by Crippen LogP contribution is 2.35. The maximum Gasteiger partial charge on any atom is 0.0907 e. The Morgan fingerprint density at radius 1 is 1.40 bits per heavy atom. The lowest BCUT2D eigenvalue weighted by Crippen LogP contribution is -2.39. The third kappa shape index (κ3) is 2.47. The maximum atomic E-state index is 10.5. The number of nitrogen functional groups attached to an aromatic ring is 1. The van der Waals surface area contributed by atoms with Crippen molar-refractivity contribution in [3.8, 4) is 0 Å². The zero-order valence-corrected chi connectivity index (χ0v) is 12.8. The number of fused-ring (bicyclic) bond motifs is 1. The van der Waals surface area contributed by atoms with Crippen LogP contribution in [0.3, 0.4) is 0 Å². The fraction of sp³-hybridized carbons (Fsp3) is 0.533. The summed E-state index contributed by atoms with van der Waals surface area (Å²) in [5.74, 6) is 0. The van der Waals surface area contributed by atoms with Gasteiger partial charge in [-0.1, -0.05) is 12.8 Å². The molecule has 1 heterocycles. The van der Waals surface area contributed by atoms with Gasteiger partial charge in [-0.15, -0.1) is 11.3 Å². The van der Waals surface area contributed by atoms with E-state index in [4.69, 9.17) is 5.73 Å². The lowest BCUT2D eigenvalue weighted by Gasteiger charge is -2.30. The normalized spacial score (nSPS) is 17.8. The van der Waals surface area contributed by atoms with Crippen LogP contribution < -0.4 is 10.6 Å². The summed E-state index contributed by atoms with van der Waals surface area (Å²) < 4.78 is 1.12. The van der Waals surface area contributed by atoms with Crippen molar-refractivity contribution in [1.82, 2.24) is 4.98 Å². The fourth-order valence-electron chi connectivity index (χ4n) is 3.14. The zero-order valence-electron chi connectivity index (χ0n) is 12.0. The molecule has 1 fully saturated rings. The molecule has 1 aromatic heterocycles. The Balaban J connectivity index is 1.90. The van der Waals surface area contributed by atoms with Crippen LogP contribution in [0.4, 0.5) is 11.4 Å². The van der Waals surface area contributed by atoms with Crippen molar-refractivity contribution < 1.29 is 5.11 Å². The second-order valence-electron chi connectivity index (χ2n) is 5.90. The number of aryl methyl sites for hydroxylation is 1. The minimum atomic E-state index is -0.561. The highest BCUT2D eigenvalue weighted by atomic mass is 32.1. The molecule has 0 bridgehead atoms. The molecule has 0 spiro atoms. The molecule has 0 amide bonds. The summed E-state index contributed by atoms with van der Waals surface area (Å²) in [6.07, 6.45) is 4.00. The summed E-state index contributed by atoms with van der Waals surface area (Å²) in [6.45, 7) is 2.64. The topological polar surface area (TPSA) is 62.4 Å². The molecule has 3 rings (SSSR count). The van der Waals surface area contributed by atoms with Crippen molar-refractivity contribution in [3.05, 3.63) is 17.1 Å². The highest BCUT2D eigenvalue weighted by Gasteiger charge is 2.32. The fourth-order valence-corrected chi connectivity index (χ4v) is 4.00. The van der Waals surface area contributed by atoms with Gasteiger partial charge in [0.2, 0.25) is 0 Å². The van der Waals surface area contributed by atoms with E-state index in [-0.39, 0.29) is 0 Å². The molecule has 0 aliphatic heterocycles. The van der Waals surface area contributed by atoms with Gasteiger partial charge in [-0.05, 0) is 31.9 Å². The molecule has 2 aromatic rings. The van der Waals surface area contributed by atoms with Crippen molar-refractivity contribution >= 4 is 32.9 Å². The summed E-state index contributed by atoms with van der Waals surface area (Å²) in [7, 11) is 1.99. The molecule has 0 atom stereocenters. The Labute approximate surface area is 123 Å². The zero-order chi connectivity index (χ0) is 14.3. The van der Waals surface area contributed by atoms with Crippen LogP contribution in [-0.2, 0) is 0 Å². The first kappa shape index (κ1) is 13.6. The summed E-state index contributed by atoms with van der Waals surface area (Å²) >= 11 is 1.66. The van der Waals surface area contributed by atoms with Crippen LogP contribution in [0, 0.1) is 6.92 Å². The minimum absolute atomic E-state index is 0.561. The quantitative estimate of drug-likeness (QED) is 0.854. The highest BCUT2D eigenvalue weighted by molar-refractivity contribution is 7.18. The third-order valence-electron chi connectivity index (χ3n) is 4.12. The van der Waals surface area contributed by atoms with Crippen LogP contribution in [0.1, 0.15) is 30.7 Å². The van der Waals surface area contributed by atoms with E-state index in [0.717, 1.165) is 52.3 Å². The Morgan fingerprint density at radius 3 is 2.80 bits per heavy atom. The van der Waals surface area contributed by atoms with E-state index in [9.17, 15) is 5.11 Å². The van der Waals surface area contributed by atoms with E-state index in [2.05, 4.69) is 9.88 Å². The monoisotopic (exact) mass is 291 g/mol. The number of hydrogen-bond acceptors (Lipinski definition) is 5. The summed E-state index contributed by atoms with van der Waals surface area (Å²) in [5.41, 5.74) is 8.31. The molecule has 20 heavy (non-hydrogen) atoms. The van der Waals surface area contributed by atoms with E-state index in [0.29, 0.717) is 6.54 Å². The number of thiazole rings is 1. The van der Waals surface area contributed by atoms with Crippen LogP contribution in [0.5, 0.6) is 0 Å². The number of nitrogens with two attached hydrogens (primary N) is 1. The van der Waals surface area contributed by atoms with Crippen LogP contribution in [0.25, 0.3) is 10.2 Å². The molecule has 1 aliphatic rings. The van der Waals surface area contributed by atoms with Gasteiger partial charge in [0.15, 0.2) is 0 Å². The first-order chi connectivity index (χ1) is 9.47. The molecule has 0 saturated heterocycles. The van der Waals surface area contributed by atoms with Gasteiger partial charge in [0, 0.05) is 13.6 Å². The Hall–Kier alpha value is -1.33. The van der Waals surface area contributed by atoms with E-state index >= 15 is 0 Å². The van der Waals surface area contributed by atoms with Crippen LogP contribution in [0.2, 0.25) is 0 Å². The van der Waals surface area contributed by atoms with Gasteiger partial charge in [-0.25, -0.2) is 4.98 Å². The molecule has 0 unspecified atom stereocenters. The second kappa shape index (κ2) is 4.90. The number of nitrogens with zero attached hydrogens (tertiary/aromatic N) is 2. The van der Waals surface area contributed by atoms with Crippen molar-refractivity contribution in [2.45, 2.75) is 38.2 Å². The summed E-state index contributed by atoms with van der Waals surface area (Å²) in [5, 5.41) is 11.6. The Morgan fingerprint density at radius 2 is 2.10 bits per heavy atom. The van der Waals surface area contributed by atoms with Gasteiger partial charge in [0.05, 0.1) is 32.2 Å². The minimum Gasteiger partial charge on any atom is -0.397 e. The number of anilines is 2. The number of rotatable bonds is 3. The van der Waals surface area contributed by atoms with Crippen molar-refractivity contribution in [3.63, 3.8) is 0 Å². The number of aliphatic hydroxyl groups is 1. The summed E-state index contributed by atoms with van der Waals surface area (Å²) in [6, 6.07) is 4.02. The number of aromatic nitrogens is 1. The lowest BCUT2D eigenvalue weighted by atomic mass is 10.0. The molecular weight excluding hydrogens is 270 g/mol. The number of benzene rings is 1. The van der Waals surface area contributed by atoms with Gasteiger partial charge in [-0.2, -0.15) is 0 Å². The predicted molar refractivity (Wildman–Crippen MR) is 85.5 cm³/mol. The van der Waals surface area contributed by atoms with Gasteiger partial charge >= 0.3 is 0 Å². The smallest absolute Gasteiger partial charge is 0.0907 e. The van der Waals surface area contributed by atoms with Crippen molar-refractivity contribution in [2.24, 2.45) is 0 Å². The Bertz CT molecular complexity index is 631. The molecule has 1 saturated carbocycles. The van der Waals surface area contributed by atoms with Crippen molar-refractivity contribution in [2.75, 3.05) is 24.2 Å². The van der Waals surface area contributed by atoms with Crippen LogP contribution in [0.15, 0.2) is 12.1 Å². The first-order valence-electron chi connectivity index (χ1n) is 7.07. The SMILES string of the molecule is Cc1nc2cc(N(C)CC3(O)CCCC3)c(N)cc2s1. The second-order valence-corrected chi connectivity index (χ2v) is 7.13. The molecule has 4 nitrogen and oxygen atoms in total. The molecule has 5 heteroatoms. The van der Waals surface area contributed by atoms with E-state index in [1.165, 1.54) is 0 Å². The van der Waals surface area contributed by atoms with Crippen LogP contribution in [-0.4, -0.2) is 29.3 Å². The predicted octanol–water partition coefficient (Wildman–Crippen LogP) is 2.93. The van der Waals surface area contributed by atoms with Gasteiger partial charge in [-0.3, -0.25) is 0 Å². The molecule has 3 N–H and O–H groups in total. The van der Waals surface area contributed by atoms with E-state index in [1.54, 1.807) is 11.3 Å². The molecular formula is C15H21N3OS. The van der Waals surface area contributed by atoms with Gasteiger partial charge in [0.1, 0.15) is 0 Å². The molecule has 0 radical (unpaired) electrons. The van der Waals surface area contributed by atoms with E-state index < -0.39 is 5.60 Å².